The Kier molecular flexibility index (Phi) is 5.23. The topological polar surface area (TPSA) is 83.4 Å². The molecule has 1 aliphatic heterocycles. The minimum Gasteiger partial charge on any atom is -0.507 e. The van der Waals surface area contributed by atoms with Crippen molar-refractivity contribution in [2.24, 2.45) is 0 Å². The summed E-state index contributed by atoms with van der Waals surface area (Å²) in [6.45, 7) is 8.14. The number of aryl methyl sites for hydroxylation is 1. The summed E-state index contributed by atoms with van der Waals surface area (Å²) >= 11 is 1.23. The standard InChI is InChI=1S/C24H23N3O3S/c1-14-25-26-23(31-14)27-19(15-10-12-17(13-11-15)24(2,3)4)18(21(29)22(27)30)20(28)16-8-6-5-7-9-16/h5-13,19,28H,1-4H3/b20-18+. The van der Waals surface area contributed by atoms with Crippen LogP contribution in [0.3, 0.4) is 0 Å². The van der Waals surface area contributed by atoms with E-state index in [9.17, 15) is 14.7 Å². The van der Waals surface area contributed by atoms with Gasteiger partial charge in [-0.2, -0.15) is 0 Å². The zero-order valence-corrected chi connectivity index (χ0v) is 18.6. The monoisotopic (exact) mass is 433 g/mol. The fourth-order valence-electron chi connectivity index (χ4n) is 3.65. The highest BCUT2D eigenvalue weighted by Gasteiger charge is 2.48. The van der Waals surface area contributed by atoms with Gasteiger partial charge in [-0.1, -0.05) is 86.7 Å². The molecule has 0 aliphatic carbocycles. The molecule has 2 heterocycles. The van der Waals surface area contributed by atoms with Crippen LogP contribution in [0.2, 0.25) is 0 Å². The Bertz CT molecular complexity index is 1170. The number of Topliss-reactive ketones (excluding diaryl/α,β-unsaturated/α-hetero) is 1. The number of benzene rings is 2. The smallest absolute Gasteiger partial charge is 0.301 e. The second-order valence-electron chi connectivity index (χ2n) is 8.51. The predicted octanol–water partition coefficient (Wildman–Crippen LogP) is 4.77. The molecule has 1 aromatic heterocycles. The van der Waals surface area contributed by atoms with Crippen molar-refractivity contribution in [2.45, 2.75) is 39.2 Å². The molecule has 1 fully saturated rings. The number of anilines is 1. The summed E-state index contributed by atoms with van der Waals surface area (Å²) < 4.78 is 0. The van der Waals surface area contributed by atoms with Crippen LogP contribution in [0.1, 0.15) is 48.5 Å². The van der Waals surface area contributed by atoms with Crippen molar-refractivity contribution >= 4 is 33.9 Å². The number of carbonyl (C=O) groups excluding carboxylic acids is 2. The molecule has 31 heavy (non-hydrogen) atoms. The highest BCUT2D eigenvalue weighted by Crippen LogP contribution is 2.43. The first-order valence-electron chi connectivity index (χ1n) is 9.95. The van der Waals surface area contributed by atoms with Gasteiger partial charge in [0.1, 0.15) is 10.8 Å². The molecular weight excluding hydrogens is 410 g/mol. The van der Waals surface area contributed by atoms with Crippen LogP contribution in [0.4, 0.5) is 5.13 Å². The van der Waals surface area contributed by atoms with Gasteiger partial charge in [-0.15, -0.1) is 10.2 Å². The van der Waals surface area contributed by atoms with Crippen LogP contribution in [0, 0.1) is 6.92 Å². The maximum absolute atomic E-state index is 13.1. The van der Waals surface area contributed by atoms with Gasteiger partial charge >= 0.3 is 5.91 Å². The Morgan fingerprint density at radius 1 is 1.00 bits per heavy atom. The summed E-state index contributed by atoms with van der Waals surface area (Å²) in [5.74, 6) is -1.66. The normalized spacial score (nSPS) is 18.6. The number of aliphatic hydroxyl groups excluding tert-OH is 1. The van der Waals surface area contributed by atoms with Gasteiger partial charge in [0.2, 0.25) is 5.13 Å². The Hall–Kier alpha value is -3.32. The predicted molar refractivity (Wildman–Crippen MR) is 121 cm³/mol. The van der Waals surface area contributed by atoms with Crippen molar-refractivity contribution in [1.29, 1.82) is 0 Å². The molecule has 1 unspecified atom stereocenters. The molecule has 4 rings (SSSR count). The number of amides is 1. The first-order valence-corrected chi connectivity index (χ1v) is 10.8. The van der Waals surface area contributed by atoms with E-state index >= 15 is 0 Å². The van der Waals surface area contributed by atoms with Crippen molar-refractivity contribution < 1.29 is 14.7 Å². The van der Waals surface area contributed by atoms with Crippen LogP contribution in [0.15, 0.2) is 60.2 Å². The highest BCUT2D eigenvalue weighted by molar-refractivity contribution is 7.15. The maximum atomic E-state index is 13.1. The minimum absolute atomic E-state index is 0.0410. The number of carbonyl (C=O) groups is 2. The number of ketones is 1. The summed E-state index contributed by atoms with van der Waals surface area (Å²) in [5.41, 5.74) is 2.33. The largest absolute Gasteiger partial charge is 0.507 e. The molecule has 0 radical (unpaired) electrons. The van der Waals surface area contributed by atoms with E-state index in [1.54, 1.807) is 31.2 Å². The number of nitrogens with zero attached hydrogens (tertiary/aromatic N) is 3. The van der Waals surface area contributed by atoms with Crippen LogP contribution < -0.4 is 4.90 Å². The number of hydrogen-bond donors (Lipinski definition) is 1. The van der Waals surface area contributed by atoms with E-state index in [1.165, 1.54) is 16.2 Å². The van der Waals surface area contributed by atoms with Gasteiger partial charge in [0.15, 0.2) is 0 Å². The number of aromatic nitrogens is 2. The van der Waals surface area contributed by atoms with Gasteiger partial charge in [0, 0.05) is 5.56 Å². The molecule has 1 atom stereocenters. The first kappa shape index (κ1) is 20.9. The lowest BCUT2D eigenvalue weighted by Crippen LogP contribution is -2.29. The van der Waals surface area contributed by atoms with E-state index in [4.69, 9.17) is 0 Å². The van der Waals surface area contributed by atoms with E-state index in [0.29, 0.717) is 15.7 Å². The van der Waals surface area contributed by atoms with Crippen LogP contribution >= 0.6 is 11.3 Å². The Morgan fingerprint density at radius 2 is 1.65 bits per heavy atom. The van der Waals surface area contributed by atoms with Gasteiger partial charge in [-0.05, 0) is 23.5 Å². The van der Waals surface area contributed by atoms with Gasteiger partial charge in [0.25, 0.3) is 5.78 Å². The second-order valence-corrected chi connectivity index (χ2v) is 9.67. The fourth-order valence-corrected chi connectivity index (χ4v) is 4.36. The summed E-state index contributed by atoms with van der Waals surface area (Å²) in [6, 6.07) is 15.8. The van der Waals surface area contributed by atoms with Crippen molar-refractivity contribution in [3.05, 3.63) is 81.9 Å². The minimum atomic E-state index is -0.790. The Balaban J connectivity index is 1.91. The zero-order valence-electron chi connectivity index (χ0n) is 17.8. The average molecular weight is 434 g/mol. The molecule has 1 N–H and O–H groups in total. The summed E-state index contributed by atoms with van der Waals surface area (Å²) in [4.78, 5) is 27.4. The van der Waals surface area contributed by atoms with Crippen molar-refractivity contribution in [1.82, 2.24) is 10.2 Å². The second kappa shape index (κ2) is 7.74. The van der Waals surface area contributed by atoms with Gasteiger partial charge in [-0.25, -0.2) is 0 Å². The third-order valence-electron chi connectivity index (χ3n) is 5.31. The van der Waals surface area contributed by atoms with Gasteiger partial charge in [0.05, 0.1) is 11.6 Å². The fraction of sp³-hybridized carbons (Fsp3) is 0.250. The molecule has 158 valence electrons. The summed E-state index contributed by atoms with van der Waals surface area (Å²) in [5, 5.41) is 20.2. The molecule has 0 bridgehead atoms. The highest BCUT2D eigenvalue weighted by atomic mass is 32.1. The van der Waals surface area contributed by atoms with E-state index in [0.717, 1.165) is 11.1 Å². The Morgan fingerprint density at radius 3 is 2.19 bits per heavy atom. The lowest BCUT2D eigenvalue weighted by atomic mass is 9.85. The van der Waals surface area contributed by atoms with Crippen LogP contribution in [-0.4, -0.2) is 27.0 Å². The third-order valence-corrected chi connectivity index (χ3v) is 6.14. The average Bonchev–Trinajstić information content (AvgIpc) is 3.28. The number of aliphatic hydroxyl groups is 1. The van der Waals surface area contributed by atoms with Crippen molar-refractivity contribution in [3.8, 4) is 0 Å². The van der Waals surface area contributed by atoms with E-state index in [1.807, 2.05) is 30.3 Å². The van der Waals surface area contributed by atoms with E-state index in [-0.39, 0.29) is 16.7 Å². The van der Waals surface area contributed by atoms with Crippen LogP contribution in [0.5, 0.6) is 0 Å². The molecule has 2 aromatic carbocycles. The lowest BCUT2D eigenvalue weighted by Gasteiger charge is -2.24. The van der Waals surface area contributed by atoms with Crippen LogP contribution in [-0.2, 0) is 15.0 Å². The van der Waals surface area contributed by atoms with E-state index < -0.39 is 17.7 Å². The molecule has 0 saturated carbocycles. The van der Waals surface area contributed by atoms with E-state index in [2.05, 4.69) is 31.0 Å². The molecule has 0 spiro atoms. The van der Waals surface area contributed by atoms with Crippen molar-refractivity contribution in [2.75, 3.05) is 4.90 Å². The molecule has 6 nitrogen and oxygen atoms in total. The Labute approximate surface area is 184 Å². The SMILES string of the molecule is Cc1nnc(N2C(=O)C(=O)/C(=C(/O)c3ccccc3)C2c2ccc(C(C)(C)C)cc2)s1. The molecular formula is C24H23N3O3S. The van der Waals surface area contributed by atoms with Crippen LogP contribution in [0.25, 0.3) is 5.76 Å². The molecule has 1 saturated heterocycles. The van der Waals surface area contributed by atoms with Gasteiger partial charge in [-0.3, -0.25) is 14.5 Å². The maximum Gasteiger partial charge on any atom is 0.301 e. The lowest BCUT2D eigenvalue weighted by molar-refractivity contribution is -0.132. The summed E-state index contributed by atoms with van der Waals surface area (Å²) in [7, 11) is 0. The molecule has 1 aliphatic rings. The van der Waals surface area contributed by atoms with Gasteiger partial charge < -0.3 is 5.11 Å². The third kappa shape index (κ3) is 3.77. The first-order chi connectivity index (χ1) is 14.7. The van der Waals surface area contributed by atoms with Crippen molar-refractivity contribution in [3.63, 3.8) is 0 Å². The zero-order chi connectivity index (χ0) is 22.3. The summed E-state index contributed by atoms with van der Waals surface area (Å²) in [6.07, 6.45) is 0. The number of rotatable bonds is 3. The molecule has 3 aromatic rings. The molecule has 1 amide bonds. The molecule has 7 heteroatoms. The quantitative estimate of drug-likeness (QED) is 0.365. The number of hydrogen-bond acceptors (Lipinski definition) is 6.